The molecule has 0 saturated carbocycles. The van der Waals surface area contributed by atoms with E-state index in [4.69, 9.17) is 0 Å². The second kappa shape index (κ2) is 4.35. The fourth-order valence-electron chi connectivity index (χ4n) is 0.520. The molecule has 0 aliphatic heterocycles. The molecule has 0 unspecified atom stereocenters. The molecular weight excluding hydrogens is 160 g/mol. The molecule has 0 saturated heterocycles. The highest BCUT2D eigenvalue weighted by molar-refractivity contribution is 8.22. The van der Waals surface area contributed by atoms with Gasteiger partial charge in [0, 0.05) is 8.98 Å². The molecule has 0 aromatic heterocycles. The highest BCUT2D eigenvalue weighted by Gasteiger charge is 2.12. The van der Waals surface area contributed by atoms with Crippen molar-refractivity contribution in [1.29, 1.82) is 0 Å². The Kier molecular flexibility index (Phi) is 4.54. The van der Waals surface area contributed by atoms with Crippen LogP contribution in [0.3, 0.4) is 0 Å². The van der Waals surface area contributed by atoms with E-state index in [-0.39, 0.29) is 0 Å². The molecule has 0 aliphatic carbocycles. The van der Waals surface area contributed by atoms with Crippen LogP contribution in [0, 0.1) is 0 Å². The second-order valence-corrected chi connectivity index (χ2v) is 6.00. The Morgan fingerprint density at radius 3 is 1.90 bits per heavy atom. The maximum Gasteiger partial charge on any atom is 0.0360 e. The molecule has 2 heteroatoms. The van der Waals surface area contributed by atoms with Crippen molar-refractivity contribution in [3.05, 3.63) is 10.3 Å². The maximum atomic E-state index is 2.23. The third-order valence-electron chi connectivity index (χ3n) is 0.844. The van der Waals surface area contributed by atoms with Crippen molar-refractivity contribution < 1.29 is 0 Å². The Balaban J connectivity index is 3.88. The predicted octanol–water partition coefficient (Wildman–Crippen LogP) is 3.74. The van der Waals surface area contributed by atoms with Gasteiger partial charge in [0.2, 0.25) is 0 Å². The van der Waals surface area contributed by atoms with Crippen molar-refractivity contribution in [2.45, 2.75) is 32.4 Å². The topological polar surface area (TPSA) is 0 Å². The Morgan fingerprint density at radius 1 is 1.30 bits per heavy atom. The van der Waals surface area contributed by atoms with Gasteiger partial charge in [0.05, 0.1) is 0 Å². The van der Waals surface area contributed by atoms with Gasteiger partial charge in [0.1, 0.15) is 0 Å². The van der Waals surface area contributed by atoms with Crippen LogP contribution in [-0.2, 0) is 0 Å². The summed E-state index contributed by atoms with van der Waals surface area (Å²) in [7, 11) is 0. The summed E-state index contributed by atoms with van der Waals surface area (Å²) in [5.41, 5.74) is 0. The van der Waals surface area contributed by atoms with Crippen LogP contribution >= 0.6 is 23.5 Å². The van der Waals surface area contributed by atoms with Gasteiger partial charge in [-0.05, 0) is 13.2 Å². The van der Waals surface area contributed by atoms with Gasteiger partial charge in [-0.15, -0.1) is 23.5 Å². The number of allylic oxidation sites excluding steroid dienone is 1. The molecular formula is C8H16S2. The normalized spacial score (nSPS) is 13.9. The smallest absolute Gasteiger partial charge is 0.0360 e. The fourth-order valence-corrected chi connectivity index (χ4v) is 2.56. The van der Waals surface area contributed by atoms with Crippen LogP contribution in [0.4, 0.5) is 0 Å². The van der Waals surface area contributed by atoms with Crippen molar-refractivity contribution in [3.8, 4) is 0 Å². The lowest BCUT2D eigenvalue weighted by Crippen LogP contribution is -2.06. The van der Waals surface area contributed by atoms with E-state index in [1.807, 2.05) is 23.5 Å². The summed E-state index contributed by atoms with van der Waals surface area (Å²) >= 11 is 3.75. The maximum absolute atomic E-state index is 2.23. The summed E-state index contributed by atoms with van der Waals surface area (Å²) < 4.78 is 1.76. The lowest BCUT2D eigenvalue weighted by Gasteiger charge is -2.18. The molecule has 0 bridgehead atoms. The molecule has 0 aliphatic rings. The third kappa shape index (κ3) is 5.24. The minimum atomic E-state index is 0.352. The van der Waals surface area contributed by atoms with Gasteiger partial charge in [0.25, 0.3) is 0 Å². The van der Waals surface area contributed by atoms with Gasteiger partial charge in [0.15, 0.2) is 0 Å². The highest BCUT2D eigenvalue weighted by Crippen LogP contribution is 2.36. The first-order chi connectivity index (χ1) is 4.49. The Hall–Kier alpha value is 0.440. The average Bonchev–Trinajstić information content (AvgIpc) is 1.81. The molecule has 0 spiro atoms. The van der Waals surface area contributed by atoms with Crippen LogP contribution in [0.2, 0.25) is 0 Å². The molecule has 60 valence electrons. The molecule has 0 N–H and O–H groups in total. The van der Waals surface area contributed by atoms with Crippen molar-refractivity contribution in [2.75, 3.05) is 6.26 Å². The third-order valence-corrected chi connectivity index (χ3v) is 3.28. The van der Waals surface area contributed by atoms with Crippen LogP contribution < -0.4 is 0 Å². The average molecular weight is 176 g/mol. The SMILES string of the molecule is CC=C(SC)SC(C)(C)C. The molecule has 10 heavy (non-hydrogen) atoms. The minimum Gasteiger partial charge on any atom is -0.123 e. The van der Waals surface area contributed by atoms with E-state index in [1.54, 1.807) is 0 Å². The quantitative estimate of drug-likeness (QED) is 0.628. The van der Waals surface area contributed by atoms with Crippen molar-refractivity contribution in [2.24, 2.45) is 0 Å². The molecule has 0 aromatic carbocycles. The van der Waals surface area contributed by atoms with Gasteiger partial charge in [-0.2, -0.15) is 0 Å². The molecule has 0 nitrogen and oxygen atoms in total. The van der Waals surface area contributed by atoms with E-state index in [0.717, 1.165) is 0 Å². The Morgan fingerprint density at radius 2 is 1.80 bits per heavy atom. The number of rotatable bonds is 2. The van der Waals surface area contributed by atoms with E-state index in [0.29, 0.717) is 4.75 Å². The summed E-state index contributed by atoms with van der Waals surface area (Å²) in [6.45, 7) is 8.79. The van der Waals surface area contributed by atoms with E-state index >= 15 is 0 Å². The van der Waals surface area contributed by atoms with Crippen LogP contribution in [0.25, 0.3) is 0 Å². The first kappa shape index (κ1) is 10.4. The van der Waals surface area contributed by atoms with Gasteiger partial charge < -0.3 is 0 Å². The lowest BCUT2D eigenvalue weighted by molar-refractivity contribution is 0.807. The van der Waals surface area contributed by atoms with Gasteiger partial charge in [-0.1, -0.05) is 26.8 Å². The number of thioether (sulfide) groups is 2. The lowest BCUT2D eigenvalue weighted by atomic mass is 10.3. The van der Waals surface area contributed by atoms with Gasteiger partial charge >= 0.3 is 0 Å². The first-order valence-electron chi connectivity index (χ1n) is 3.39. The number of hydrogen-bond acceptors (Lipinski definition) is 2. The van der Waals surface area contributed by atoms with Crippen LogP contribution in [0.15, 0.2) is 10.3 Å². The van der Waals surface area contributed by atoms with Gasteiger partial charge in [-0.3, -0.25) is 0 Å². The van der Waals surface area contributed by atoms with Crippen molar-refractivity contribution >= 4 is 23.5 Å². The summed E-state index contributed by atoms with van der Waals surface area (Å²) in [5.74, 6) is 0. The van der Waals surface area contributed by atoms with Crippen LogP contribution in [0.1, 0.15) is 27.7 Å². The molecule has 0 radical (unpaired) electrons. The first-order valence-corrected chi connectivity index (χ1v) is 5.43. The predicted molar refractivity (Wildman–Crippen MR) is 54.6 cm³/mol. The zero-order valence-corrected chi connectivity index (χ0v) is 9.03. The summed E-state index contributed by atoms with van der Waals surface area (Å²) in [5, 5.41) is 0. The largest absolute Gasteiger partial charge is 0.123 e. The summed E-state index contributed by atoms with van der Waals surface area (Å²) in [6, 6.07) is 0. The molecule has 0 aromatic rings. The Labute approximate surface area is 72.9 Å². The zero-order chi connectivity index (χ0) is 8.20. The van der Waals surface area contributed by atoms with E-state index < -0.39 is 0 Å². The molecule has 0 atom stereocenters. The second-order valence-electron chi connectivity index (χ2n) is 3.03. The zero-order valence-electron chi connectivity index (χ0n) is 7.39. The van der Waals surface area contributed by atoms with Crippen molar-refractivity contribution in [3.63, 3.8) is 0 Å². The minimum absolute atomic E-state index is 0.352. The number of hydrogen-bond donors (Lipinski definition) is 0. The Bertz CT molecular complexity index is 120. The molecule has 0 fully saturated rings. The van der Waals surface area contributed by atoms with Crippen LogP contribution in [-0.4, -0.2) is 11.0 Å². The van der Waals surface area contributed by atoms with Crippen LogP contribution in [0.5, 0.6) is 0 Å². The van der Waals surface area contributed by atoms with E-state index in [1.165, 1.54) is 4.24 Å². The van der Waals surface area contributed by atoms with E-state index in [2.05, 4.69) is 40.0 Å². The summed E-state index contributed by atoms with van der Waals surface area (Å²) in [4.78, 5) is 0. The van der Waals surface area contributed by atoms with Crippen molar-refractivity contribution in [1.82, 2.24) is 0 Å². The van der Waals surface area contributed by atoms with Gasteiger partial charge in [-0.25, -0.2) is 0 Å². The molecule has 0 amide bonds. The van der Waals surface area contributed by atoms with E-state index in [9.17, 15) is 0 Å². The standard InChI is InChI=1S/C8H16S2/c1-6-7(9-5)10-8(2,3)4/h6H,1-5H3. The molecule has 0 rings (SSSR count). The fraction of sp³-hybridized carbons (Fsp3) is 0.750. The molecule has 0 heterocycles. The highest BCUT2D eigenvalue weighted by atomic mass is 32.2. The monoisotopic (exact) mass is 176 g/mol. The summed E-state index contributed by atoms with van der Waals surface area (Å²) in [6.07, 6.45) is 4.29.